The summed E-state index contributed by atoms with van der Waals surface area (Å²) in [5.41, 5.74) is 2.54. The maximum Gasteiger partial charge on any atom is 0.171 e. The second-order valence-corrected chi connectivity index (χ2v) is 6.41. The number of para-hydroxylation sites is 1. The van der Waals surface area contributed by atoms with Gasteiger partial charge in [0.2, 0.25) is 0 Å². The minimum Gasteiger partial charge on any atom is -0.298 e. The number of carbonyl (C=O) groups excluding carboxylic acids is 1. The molecule has 2 heterocycles. The van der Waals surface area contributed by atoms with E-state index in [4.69, 9.17) is 0 Å². The number of likely N-dealkylation sites (tertiary alicyclic amines) is 1. The smallest absolute Gasteiger partial charge is 0.171 e. The summed E-state index contributed by atoms with van der Waals surface area (Å²) in [4.78, 5) is 15.1. The van der Waals surface area contributed by atoms with Crippen LogP contribution in [0.2, 0.25) is 0 Å². The lowest BCUT2D eigenvalue weighted by Crippen LogP contribution is -2.55. The van der Waals surface area contributed by atoms with Gasteiger partial charge >= 0.3 is 0 Å². The lowest BCUT2D eigenvalue weighted by atomic mass is 9.81. The van der Waals surface area contributed by atoms with Gasteiger partial charge in [0.15, 0.2) is 5.78 Å². The maximum atomic E-state index is 12.8. The Hall–Kier alpha value is -2.17. The van der Waals surface area contributed by atoms with Crippen molar-refractivity contribution in [3.8, 4) is 0 Å². The van der Waals surface area contributed by atoms with E-state index in [2.05, 4.69) is 17.0 Å². The molecule has 2 aliphatic rings. The molecule has 4 rings (SSSR count). The van der Waals surface area contributed by atoms with Gasteiger partial charge in [0.25, 0.3) is 0 Å². The normalized spacial score (nSPS) is 24.2. The average molecular weight is 308 g/mol. The molecule has 2 aliphatic heterocycles. The van der Waals surface area contributed by atoms with E-state index in [1.54, 1.807) is 0 Å². The van der Waals surface area contributed by atoms with Gasteiger partial charge in [0.1, 0.15) is 0 Å². The molecule has 1 fully saturated rings. The van der Waals surface area contributed by atoms with Crippen LogP contribution in [-0.2, 0) is 6.54 Å². The number of rotatable bonds is 2. The number of Topliss-reactive ketones (excluding diaryl/α,β-unsaturated/α-hetero) is 1. The zero-order valence-corrected chi connectivity index (χ0v) is 12.9. The highest BCUT2D eigenvalue weighted by molar-refractivity contribution is 6.05. The molecule has 2 atom stereocenters. The van der Waals surface area contributed by atoms with E-state index < -0.39 is 0 Å². The number of benzene rings is 2. The molecule has 4 heteroatoms. The molecule has 0 radical (unpaired) electrons. The third-order valence-corrected chi connectivity index (χ3v) is 4.98. The van der Waals surface area contributed by atoms with E-state index >= 15 is 0 Å². The van der Waals surface area contributed by atoms with Crippen LogP contribution in [-0.4, -0.2) is 35.0 Å². The Balaban J connectivity index is 1.56. The van der Waals surface area contributed by atoms with Crippen molar-refractivity contribution >= 4 is 11.5 Å². The van der Waals surface area contributed by atoms with Crippen LogP contribution in [0.5, 0.6) is 0 Å². The monoisotopic (exact) mass is 308 g/mol. The van der Waals surface area contributed by atoms with Crippen LogP contribution in [0.25, 0.3) is 0 Å². The summed E-state index contributed by atoms with van der Waals surface area (Å²) in [5.74, 6) is 0.000948. The largest absolute Gasteiger partial charge is 0.298 e. The number of hydrogen-bond acceptors (Lipinski definition) is 4. The predicted molar refractivity (Wildman–Crippen MR) is 88.7 cm³/mol. The molecular weight excluding hydrogens is 288 g/mol. The molecule has 0 spiro atoms. The molecule has 118 valence electrons. The highest BCUT2D eigenvalue weighted by Gasteiger charge is 2.43. The number of hydroxylamine groups is 1. The van der Waals surface area contributed by atoms with Gasteiger partial charge in [-0.3, -0.25) is 20.0 Å². The molecule has 0 aliphatic carbocycles. The number of carbonyl (C=O) groups is 1. The number of piperidine rings is 1. The number of anilines is 1. The fourth-order valence-corrected chi connectivity index (χ4v) is 3.80. The van der Waals surface area contributed by atoms with Gasteiger partial charge in [-0.25, -0.2) is 0 Å². The zero-order valence-electron chi connectivity index (χ0n) is 12.9. The van der Waals surface area contributed by atoms with Crippen LogP contribution >= 0.6 is 0 Å². The van der Waals surface area contributed by atoms with Crippen LogP contribution in [0.15, 0.2) is 54.6 Å². The molecule has 23 heavy (non-hydrogen) atoms. The first kappa shape index (κ1) is 14.4. The van der Waals surface area contributed by atoms with E-state index in [1.165, 1.54) is 10.6 Å². The average Bonchev–Trinajstić information content (AvgIpc) is 2.60. The summed E-state index contributed by atoms with van der Waals surface area (Å²) in [7, 11) is 0. The van der Waals surface area contributed by atoms with Crippen molar-refractivity contribution in [2.75, 3.05) is 18.2 Å². The lowest BCUT2D eigenvalue weighted by Gasteiger charge is -2.44. The first-order chi connectivity index (χ1) is 11.2. The number of nitrogens with zero attached hydrogens (tertiary/aromatic N) is 2. The molecule has 2 unspecified atom stereocenters. The third-order valence-electron chi connectivity index (χ3n) is 4.98. The minimum atomic E-state index is -0.160. The Morgan fingerprint density at radius 1 is 1.04 bits per heavy atom. The first-order valence-electron chi connectivity index (χ1n) is 8.11. The van der Waals surface area contributed by atoms with Gasteiger partial charge in [-0.05, 0) is 24.1 Å². The minimum absolute atomic E-state index is 0.107. The van der Waals surface area contributed by atoms with Crippen LogP contribution in [0, 0.1) is 5.92 Å². The van der Waals surface area contributed by atoms with Crippen molar-refractivity contribution in [1.29, 1.82) is 0 Å². The quantitative estimate of drug-likeness (QED) is 0.926. The summed E-state index contributed by atoms with van der Waals surface area (Å²) >= 11 is 0. The van der Waals surface area contributed by atoms with Crippen molar-refractivity contribution in [1.82, 2.24) is 4.90 Å². The van der Waals surface area contributed by atoms with Crippen molar-refractivity contribution < 1.29 is 10.0 Å². The molecule has 0 aromatic heterocycles. The van der Waals surface area contributed by atoms with E-state index in [0.717, 1.165) is 19.5 Å². The lowest BCUT2D eigenvalue weighted by molar-refractivity contribution is 0.0588. The number of hydrogen-bond donors (Lipinski definition) is 1. The van der Waals surface area contributed by atoms with E-state index in [-0.39, 0.29) is 17.7 Å². The molecule has 0 saturated carbocycles. The summed E-state index contributed by atoms with van der Waals surface area (Å²) in [6, 6.07) is 17.6. The van der Waals surface area contributed by atoms with Crippen LogP contribution in [0.3, 0.4) is 0 Å². The van der Waals surface area contributed by atoms with Crippen LogP contribution in [0.1, 0.15) is 22.3 Å². The first-order valence-corrected chi connectivity index (χ1v) is 8.11. The van der Waals surface area contributed by atoms with Gasteiger partial charge < -0.3 is 0 Å². The van der Waals surface area contributed by atoms with Gasteiger partial charge in [-0.1, -0.05) is 42.5 Å². The molecular formula is C19H20N2O2. The van der Waals surface area contributed by atoms with Crippen molar-refractivity contribution in [3.05, 3.63) is 65.7 Å². The van der Waals surface area contributed by atoms with Crippen molar-refractivity contribution in [2.45, 2.75) is 19.0 Å². The Labute approximate surface area is 135 Å². The summed E-state index contributed by atoms with van der Waals surface area (Å²) < 4.78 is 0. The molecule has 0 amide bonds. The van der Waals surface area contributed by atoms with Crippen LogP contribution in [0.4, 0.5) is 5.69 Å². The number of ketones is 1. The van der Waals surface area contributed by atoms with Crippen molar-refractivity contribution in [3.63, 3.8) is 0 Å². The van der Waals surface area contributed by atoms with E-state index in [9.17, 15) is 10.0 Å². The Kier molecular flexibility index (Phi) is 3.63. The Morgan fingerprint density at radius 3 is 2.61 bits per heavy atom. The fourth-order valence-electron chi connectivity index (χ4n) is 3.80. The standard InChI is InChI=1S/C19H20N2O2/c22-19-15-8-4-5-9-17(15)21(23)18-10-11-20(13-16(18)19)12-14-6-2-1-3-7-14/h1-9,16,18,23H,10-13H2. The molecule has 0 bridgehead atoms. The third kappa shape index (κ3) is 2.54. The highest BCUT2D eigenvalue weighted by Crippen LogP contribution is 2.36. The van der Waals surface area contributed by atoms with Crippen molar-refractivity contribution in [2.24, 2.45) is 5.92 Å². The second-order valence-electron chi connectivity index (χ2n) is 6.41. The van der Waals surface area contributed by atoms with E-state index in [0.29, 0.717) is 17.8 Å². The van der Waals surface area contributed by atoms with Gasteiger partial charge in [-0.15, -0.1) is 0 Å². The molecule has 2 aromatic rings. The topological polar surface area (TPSA) is 43.8 Å². The van der Waals surface area contributed by atoms with Crippen LogP contribution < -0.4 is 5.06 Å². The van der Waals surface area contributed by atoms with E-state index in [1.807, 2.05) is 42.5 Å². The fraction of sp³-hybridized carbons (Fsp3) is 0.316. The summed E-state index contributed by atoms with van der Waals surface area (Å²) in [6.45, 7) is 2.44. The SMILES string of the molecule is O=C1c2ccccc2N(O)C2CCN(Cc3ccccc3)CC12. The Bertz CT molecular complexity index is 716. The molecule has 1 saturated heterocycles. The highest BCUT2D eigenvalue weighted by atomic mass is 16.5. The van der Waals surface area contributed by atoms with Gasteiger partial charge in [0, 0.05) is 25.2 Å². The summed E-state index contributed by atoms with van der Waals surface area (Å²) in [6.07, 6.45) is 0.800. The van der Waals surface area contributed by atoms with Gasteiger partial charge in [0.05, 0.1) is 17.6 Å². The Morgan fingerprint density at radius 2 is 1.78 bits per heavy atom. The molecule has 4 nitrogen and oxygen atoms in total. The van der Waals surface area contributed by atoms with Gasteiger partial charge in [-0.2, -0.15) is 0 Å². The number of fused-ring (bicyclic) bond motifs is 2. The molecule has 1 N–H and O–H groups in total. The maximum absolute atomic E-state index is 12.8. The zero-order chi connectivity index (χ0) is 15.8. The second kappa shape index (κ2) is 5.80. The summed E-state index contributed by atoms with van der Waals surface area (Å²) in [5, 5.41) is 11.8. The molecule has 2 aromatic carbocycles. The predicted octanol–water partition coefficient (Wildman–Crippen LogP) is 2.97.